The highest BCUT2D eigenvalue weighted by atomic mass is 19.4. The zero-order valence-electron chi connectivity index (χ0n) is 13.6. The summed E-state index contributed by atoms with van der Waals surface area (Å²) in [7, 11) is 0. The third-order valence-electron chi connectivity index (χ3n) is 4.08. The van der Waals surface area contributed by atoms with Gasteiger partial charge in [0.2, 0.25) is 5.88 Å². The Balaban J connectivity index is 1.76. The van der Waals surface area contributed by atoms with E-state index in [9.17, 15) is 13.2 Å². The van der Waals surface area contributed by atoms with Gasteiger partial charge in [-0.15, -0.1) is 0 Å². The number of nitrogens with zero attached hydrogens (tertiary/aromatic N) is 2. The summed E-state index contributed by atoms with van der Waals surface area (Å²) < 4.78 is 50.5. The van der Waals surface area contributed by atoms with Gasteiger partial charge >= 0.3 is 12.2 Å². The second kappa shape index (κ2) is 7.72. The number of halogens is 3. The topological polar surface area (TPSA) is 44.2 Å². The summed E-state index contributed by atoms with van der Waals surface area (Å²) >= 11 is 0. The SMILES string of the molecule is FC(F)(F)c1cnc(OCc2ccccc2)nc1OC1CCCCC1. The van der Waals surface area contributed by atoms with E-state index >= 15 is 0 Å². The molecule has 1 fully saturated rings. The summed E-state index contributed by atoms with van der Waals surface area (Å²) in [6.07, 6.45) is 0.382. The minimum Gasteiger partial charge on any atom is -0.474 e. The minimum absolute atomic E-state index is 0.123. The number of alkyl halides is 3. The predicted octanol–water partition coefficient (Wildman–Crippen LogP) is 4.79. The van der Waals surface area contributed by atoms with Crippen molar-refractivity contribution in [3.63, 3.8) is 0 Å². The van der Waals surface area contributed by atoms with Crippen molar-refractivity contribution in [2.45, 2.75) is 51.0 Å². The fourth-order valence-electron chi connectivity index (χ4n) is 2.77. The molecule has 1 aromatic heterocycles. The fraction of sp³-hybridized carbons (Fsp3) is 0.444. The maximum absolute atomic E-state index is 13.2. The first-order chi connectivity index (χ1) is 12.0. The monoisotopic (exact) mass is 352 g/mol. The van der Waals surface area contributed by atoms with Crippen molar-refractivity contribution in [2.24, 2.45) is 0 Å². The molecule has 0 saturated heterocycles. The number of hydrogen-bond donors (Lipinski definition) is 0. The quantitative estimate of drug-likeness (QED) is 0.776. The Morgan fingerprint density at radius 1 is 1.04 bits per heavy atom. The Kier molecular flexibility index (Phi) is 5.40. The van der Waals surface area contributed by atoms with E-state index in [1.165, 1.54) is 0 Å². The Labute approximate surface area is 144 Å². The molecule has 1 aromatic carbocycles. The second-order valence-corrected chi connectivity index (χ2v) is 6.02. The highest BCUT2D eigenvalue weighted by Crippen LogP contribution is 2.36. The van der Waals surface area contributed by atoms with Gasteiger partial charge in [-0.3, -0.25) is 0 Å². The van der Waals surface area contributed by atoms with Crippen LogP contribution in [0.15, 0.2) is 36.5 Å². The average Bonchev–Trinajstić information content (AvgIpc) is 2.61. The highest BCUT2D eigenvalue weighted by molar-refractivity contribution is 5.28. The lowest BCUT2D eigenvalue weighted by molar-refractivity contribution is -0.140. The van der Waals surface area contributed by atoms with Gasteiger partial charge in [-0.1, -0.05) is 36.8 Å². The van der Waals surface area contributed by atoms with Crippen molar-refractivity contribution >= 4 is 0 Å². The van der Waals surface area contributed by atoms with Crippen LogP contribution in [0.2, 0.25) is 0 Å². The number of ether oxygens (including phenoxy) is 2. The van der Waals surface area contributed by atoms with Crippen molar-refractivity contribution < 1.29 is 22.6 Å². The molecular formula is C18H19F3N2O2. The van der Waals surface area contributed by atoms with E-state index in [1.807, 2.05) is 30.3 Å². The molecule has 134 valence electrons. The van der Waals surface area contributed by atoms with Crippen molar-refractivity contribution in [2.75, 3.05) is 0 Å². The summed E-state index contributed by atoms with van der Waals surface area (Å²) in [5.74, 6) is -0.447. The standard InChI is InChI=1S/C18H19F3N2O2/c19-18(20,21)15-11-22-17(24-12-13-7-3-1-4-8-13)23-16(15)25-14-9-5-2-6-10-14/h1,3-4,7-8,11,14H,2,5-6,9-10,12H2. The van der Waals surface area contributed by atoms with E-state index in [2.05, 4.69) is 9.97 Å². The van der Waals surface area contributed by atoms with E-state index in [4.69, 9.17) is 9.47 Å². The Bertz CT molecular complexity index is 686. The maximum Gasteiger partial charge on any atom is 0.423 e. The molecule has 25 heavy (non-hydrogen) atoms. The van der Waals surface area contributed by atoms with E-state index in [1.54, 1.807) is 0 Å². The van der Waals surface area contributed by atoms with Crippen LogP contribution in [0.5, 0.6) is 11.9 Å². The van der Waals surface area contributed by atoms with Gasteiger partial charge in [0.25, 0.3) is 0 Å². The summed E-state index contributed by atoms with van der Waals surface area (Å²) in [6.45, 7) is 0.176. The molecule has 1 saturated carbocycles. The van der Waals surface area contributed by atoms with Crippen LogP contribution in [0.25, 0.3) is 0 Å². The van der Waals surface area contributed by atoms with Gasteiger partial charge in [0.15, 0.2) is 0 Å². The molecule has 0 unspecified atom stereocenters. The molecule has 0 N–H and O–H groups in total. The van der Waals surface area contributed by atoms with Gasteiger partial charge in [-0.2, -0.15) is 18.2 Å². The molecular weight excluding hydrogens is 333 g/mol. The van der Waals surface area contributed by atoms with Crippen molar-refractivity contribution in [3.05, 3.63) is 47.7 Å². The van der Waals surface area contributed by atoms with E-state index in [0.29, 0.717) is 0 Å². The Morgan fingerprint density at radius 3 is 2.44 bits per heavy atom. The van der Waals surface area contributed by atoms with Crippen LogP contribution in [0.3, 0.4) is 0 Å². The summed E-state index contributed by atoms with van der Waals surface area (Å²) in [4.78, 5) is 7.55. The lowest BCUT2D eigenvalue weighted by Crippen LogP contribution is -2.22. The molecule has 0 atom stereocenters. The van der Waals surface area contributed by atoms with Gasteiger partial charge in [-0.25, -0.2) is 4.98 Å². The second-order valence-electron chi connectivity index (χ2n) is 6.02. The molecule has 1 aliphatic rings. The zero-order valence-corrected chi connectivity index (χ0v) is 13.6. The van der Waals surface area contributed by atoms with Crippen LogP contribution in [0.1, 0.15) is 43.2 Å². The van der Waals surface area contributed by atoms with Crippen LogP contribution in [-0.2, 0) is 12.8 Å². The lowest BCUT2D eigenvalue weighted by Gasteiger charge is -2.24. The Morgan fingerprint density at radius 2 is 1.76 bits per heavy atom. The molecule has 4 nitrogen and oxygen atoms in total. The zero-order chi connectivity index (χ0) is 17.7. The number of benzene rings is 1. The molecule has 2 aromatic rings. The normalized spacial score (nSPS) is 15.8. The van der Waals surface area contributed by atoms with Crippen LogP contribution in [0, 0.1) is 0 Å². The first-order valence-electron chi connectivity index (χ1n) is 8.30. The van der Waals surface area contributed by atoms with Crippen LogP contribution in [-0.4, -0.2) is 16.1 Å². The Hall–Kier alpha value is -2.31. The molecule has 1 aliphatic carbocycles. The highest BCUT2D eigenvalue weighted by Gasteiger charge is 2.37. The van der Waals surface area contributed by atoms with Crippen LogP contribution in [0.4, 0.5) is 13.2 Å². The third kappa shape index (κ3) is 4.84. The number of aromatic nitrogens is 2. The lowest BCUT2D eigenvalue weighted by atomic mass is 9.98. The van der Waals surface area contributed by atoms with Crippen LogP contribution >= 0.6 is 0 Å². The smallest absolute Gasteiger partial charge is 0.423 e. The molecule has 7 heteroatoms. The molecule has 3 rings (SSSR count). The third-order valence-corrected chi connectivity index (χ3v) is 4.08. The molecule has 0 amide bonds. The van der Waals surface area contributed by atoms with Gasteiger partial charge in [0.1, 0.15) is 18.3 Å². The van der Waals surface area contributed by atoms with Gasteiger partial charge in [0, 0.05) is 0 Å². The average molecular weight is 352 g/mol. The number of hydrogen-bond acceptors (Lipinski definition) is 4. The van der Waals surface area contributed by atoms with Gasteiger partial charge in [-0.05, 0) is 31.2 Å². The number of rotatable bonds is 5. The minimum atomic E-state index is -4.57. The molecule has 0 bridgehead atoms. The van der Waals surface area contributed by atoms with Crippen molar-refractivity contribution in [1.29, 1.82) is 0 Å². The largest absolute Gasteiger partial charge is 0.474 e. The first kappa shape index (κ1) is 17.5. The van der Waals surface area contributed by atoms with E-state index < -0.39 is 17.6 Å². The molecule has 0 aliphatic heterocycles. The van der Waals surface area contributed by atoms with E-state index in [0.717, 1.165) is 43.9 Å². The summed E-state index contributed by atoms with van der Waals surface area (Å²) in [6, 6.07) is 9.15. The van der Waals surface area contributed by atoms with Crippen molar-refractivity contribution in [1.82, 2.24) is 9.97 Å². The van der Waals surface area contributed by atoms with E-state index in [-0.39, 0.29) is 18.7 Å². The first-order valence-corrected chi connectivity index (χ1v) is 8.30. The van der Waals surface area contributed by atoms with Crippen molar-refractivity contribution in [3.8, 4) is 11.9 Å². The van der Waals surface area contributed by atoms with Gasteiger partial charge in [0.05, 0.1) is 6.20 Å². The van der Waals surface area contributed by atoms with Crippen LogP contribution < -0.4 is 9.47 Å². The summed E-state index contributed by atoms with van der Waals surface area (Å²) in [5.41, 5.74) is -0.0918. The fourth-order valence-corrected chi connectivity index (χ4v) is 2.77. The predicted molar refractivity (Wildman–Crippen MR) is 85.3 cm³/mol. The molecule has 1 heterocycles. The molecule has 0 spiro atoms. The summed E-state index contributed by atoms with van der Waals surface area (Å²) in [5, 5.41) is 0. The molecule has 0 radical (unpaired) electrons. The maximum atomic E-state index is 13.2. The van der Waals surface area contributed by atoms with Gasteiger partial charge < -0.3 is 9.47 Å².